The van der Waals surface area contributed by atoms with Crippen molar-refractivity contribution in [2.75, 3.05) is 0 Å². The summed E-state index contributed by atoms with van der Waals surface area (Å²) in [5.74, 6) is 0.655. The molecule has 0 fully saturated rings. The summed E-state index contributed by atoms with van der Waals surface area (Å²) < 4.78 is 0. The van der Waals surface area contributed by atoms with Crippen molar-refractivity contribution in [1.82, 2.24) is 15.2 Å². The standard InChI is InChI=1S/C13H14ClN3/c1-9(2)7-10-3-5-11(6-4-10)12-13(14)15-8-16-17-12/h3-6,8-9H,7H2,1-2H3. The molecule has 0 aliphatic rings. The molecule has 0 N–H and O–H groups in total. The lowest BCUT2D eigenvalue weighted by Gasteiger charge is -2.06. The topological polar surface area (TPSA) is 38.7 Å². The van der Waals surface area contributed by atoms with Crippen LogP contribution < -0.4 is 0 Å². The molecule has 1 heterocycles. The molecule has 0 aliphatic carbocycles. The Morgan fingerprint density at radius 3 is 2.47 bits per heavy atom. The van der Waals surface area contributed by atoms with Gasteiger partial charge in [0.1, 0.15) is 12.0 Å². The van der Waals surface area contributed by atoms with Crippen molar-refractivity contribution in [3.63, 3.8) is 0 Å². The molecule has 0 atom stereocenters. The van der Waals surface area contributed by atoms with Gasteiger partial charge in [-0.15, -0.1) is 10.2 Å². The van der Waals surface area contributed by atoms with Crippen LogP contribution in [0.3, 0.4) is 0 Å². The van der Waals surface area contributed by atoms with Gasteiger partial charge >= 0.3 is 0 Å². The molecule has 0 spiro atoms. The average Bonchev–Trinajstić information content (AvgIpc) is 2.30. The van der Waals surface area contributed by atoms with Gasteiger partial charge in [0.05, 0.1) is 0 Å². The van der Waals surface area contributed by atoms with Crippen LogP contribution in [0.1, 0.15) is 19.4 Å². The number of hydrogen-bond donors (Lipinski definition) is 0. The Kier molecular flexibility index (Phi) is 3.69. The van der Waals surface area contributed by atoms with E-state index in [0.29, 0.717) is 16.8 Å². The molecule has 0 amide bonds. The van der Waals surface area contributed by atoms with Gasteiger partial charge in [0.2, 0.25) is 0 Å². The fourth-order valence-corrected chi connectivity index (χ4v) is 1.90. The second-order valence-corrected chi connectivity index (χ2v) is 4.75. The first-order valence-electron chi connectivity index (χ1n) is 5.59. The van der Waals surface area contributed by atoms with E-state index in [2.05, 4.69) is 41.2 Å². The minimum atomic E-state index is 0.386. The highest BCUT2D eigenvalue weighted by molar-refractivity contribution is 6.31. The lowest BCUT2D eigenvalue weighted by atomic mass is 10.0. The highest BCUT2D eigenvalue weighted by atomic mass is 35.5. The summed E-state index contributed by atoms with van der Waals surface area (Å²) in [6, 6.07) is 8.21. The molecule has 0 saturated heterocycles. The van der Waals surface area contributed by atoms with E-state index in [9.17, 15) is 0 Å². The summed E-state index contributed by atoms with van der Waals surface area (Å²) in [7, 11) is 0. The number of benzene rings is 1. The van der Waals surface area contributed by atoms with Crippen molar-refractivity contribution < 1.29 is 0 Å². The third-order valence-corrected chi connectivity index (χ3v) is 2.72. The van der Waals surface area contributed by atoms with Crippen molar-refractivity contribution in [2.24, 2.45) is 5.92 Å². The van der Waals surface area contributed by atoms with Gasteiger partial charge in [0.15, 0.2) is 5.15 Å². The first-order chi connectivity index (χ1) is 8.16. The van der Waals surface area contributed by atoms with Crippen LogP contribution in [-0.4, -0.2) is 15.2 Å². The Bertz CT molecular complexity index is 494. The fraction of sp³-hybridized carbons (Fsp3) is 0.308. The average molecular weight is 248 g/mol. The Morgan fingerprint density at radius 2 is 1.88 bits per heavy atom. The molecule has 88 valence electrons. The third-order valence-electron chi connectivity index (χ3n) is 2.45. The van der Waals surface area contributed by atoms with E-state index in [1.165, 1.54) is 11.9 Å². The maximum Gasteiger partial charge on any atom is 0.159 e. The van der Waals surface area contributed by atoms with Crippen LogP contribution in [0.15, 0.2) is 30.6 Å². The molecule has 0 saturated carbocycles. The SMILES string of the molecule is CC(C)Cc1ccc(-c2nncnc2Cl)cc1. The molecule has 0 unspecified atom stereocenters. The minimum Gasteiger partial charge on any atom is -0.220 e. The molecule has 0 bridgehead atoms. The van der Waals surface area contributed by atoms with Crippen molar-refractivity contribution in [3.05, 3.63) is 41.3 Å². The van der Waals surface area contributed by atoms with Crippen molar-refractivity contribution in [3.8, 4) is 11.3 Å². The van der Waals surface area contributed by atoms with Gasteiger partial charge in [0.25, 0.3) is 0 Å². The van der Waals surface area contributed by atoms with Gasteiger partial charge in [0, 0.05) is 5.56 Å². The second-order valence-electron chi connectivity index (χ2n) is 4.39. The van der Waals surface area contributed by atoms with Crippen molar-refractivity contribution >= 4 is 11.6 Å². The molecule has 0 radical (unpaired) electrons. The number of aromatic nitrogens is 3. The summed E-state index contributed by atoms with van der Waals surface area (Å²) in [4.78, 5) is 3.92. The lowest BCUT2D eigenvalue weighted by Crippen LogP contribution is -1.95. The van der Waals surface area contributed by atoms with E-state index in [0.717, 1.165) is 12.0 Å². The van der Waals surface area contributed by atoms with Crippen LogP contribution in [0.4, 0.5) is 0 Å². The van der Waals surface area contributed by atoms with Crippen molar-refractivity contribution in [2.45, 2.75) is 20.3 Å². The zero-order valence-electron chi connectivity index (χ0n) is 9.89. The summed E-state index contributed by atoms with van der Waals surface area (Å²) in [6.07, 6.45) is 2.42. The molecule has 0 aliphatic heterocycles. The highest BCUT2D eigenvalue weighted by Gasteiger charge is 2.06. The first-order valence-corrected chi connectivity index (χ1v) is 5.97. The smallest absolute Gasteiger partial charge is 0.159 e. The lowest BCUT2D eigenvalue weighted by molar-refractivity contribution is 0.647. The minimum absolute atomic E-state index is 0.386. The molecule has 1 aromatic heterocycles. The van der Waals surface area contributed by atoms with Gasteiger partial charge in [-0.25, -0.2) is 4.98 Å². The third kappa shape index (κ3) is 3.01. The molecular weight excluding hydrogens is 234 g/mol. The Balaban J connectivity index is 2.27. The predicted octanol–water partition coefficient (Wildman–Crippen LogP) is 3.39. The van der Waals surface area contributed by atoms with Crippen molar-refractivity contribution in [1.29, 1.82) is 0 Å². The number of hydrogen-bond acceptors (Lipinski definition) is 3. The van der Waals surface area contributed by atoms with Gasteiger partial charge in [-0.2, -0.15) is 0 Å². The van der Waals surface area contributed by atoms with Crippen LogP contribution in [0.25, 0.3) is 11.3 Å². The molecule has 2 aromatic rings. The Hall–Kier alpha value is -1.48. The Labute approximate surface area is 106 Å². The van der Waals surface area contributed by atoms with E-state index in [1.54, 1.807) is 0 Å². The summed E-state index contributed by atoms with van der Waals surface area (Å²) in [5.41, 5.74) is 2.89. The predicted molar refractivity (Wildman–Crippen MR) is 68.8 cm³/mol. The highest BCUT2D eigenvalue weighted by Crippen LogP contribution is 2.23. The van der Waals surface area contributed by atoms with Crippen LogP contribution >= 0.6 is 11.6 Å². The quantitative estimate of drug-likeness (QED) is 0.835. The zero-order chi connectivity index (χ0) is 12.3. The molecular formula is C13H14ClN3. The first kappa shape index (κ1) is 12.0. The van der Waals surface area contributed by atoms with E-state index < -0.39 is 0 Å². The van der Waals surface area contributed by atoms with Gasteiger partial charge in [-0.1, -0.05) is 49.7 Å². The largest absolute Gasteiger partial charge is 0.220 e. The van der Waals surface area contributed by atoms with Crippen LogP contribution in [0, 0.1) is 5.92 Å². The van der Waals surface area contributed by atoms with Gasteiger partial charge in [-0.05, 0) is 17.9 Å². The summed E-state index contributed by atoms with van der Waals surface area (Å²) in [6.45, 7) is 4.41. The monoisotopic (exact) mass is 247 g/mol. The van der Waals surface area contributed by atoms with Gasteiger partial charge < -0.3 is 0 Å². The van der Waals surface area contributed by atoms with E-state index in [-0.39, 0.29) is 0 Å². The zero-order valence-corrected chi connectivity index (χ0v) is 10.6. The fourth-order valence-electron chi connectivity index (χ4n) is 1.71. The number of halogens is 1. The van der Waals surface area contributed by atoms with E-state index in [1.807, 2.05) is 12.1 Å². The molecule has 1 aromatic carbocycles. The van der Waals surface area contributed by atoms with E-state index in [4.69, 9.17) is 11.6 Å². The van der Waals surface area contributed by atoms with Gasteiger partial charge in [-0.3, -0.25) is 0 Å². The summed E-state index contributed by atoms with van der Waals surface area (Å²) in [5, 5.41) is 8.13. The number of nitrogens with zero attached hydrogens (tertiary/aromatic N) is 3. The molecule has 17 heavy (non-hydrogen) atoms. The maximum atomic E-state index is 5.97. The normalized spacial score (nSPS) is 10.8. The Morgan fingerprint density at radius 1 is 1.18 bits per heavy atom. The summed E-state index contributed by atoms with van der Waals surface area (Å²) >= 11 is 5.97. The van der Waals surface area contributed by atoms with Crippen LogP contribution in [0.5, 0.6) is 0 Å². The van der Waals surface area contributed by atoms with E-state index >= 15 is 0 Å². The van der Waals surface area contributed by atoms with Crippen LogP contribution in [-0.2, 0) is 6.42 Å². The molecule has 4 heteroatoms. The second kappa shape index (κ2) is 5.23. The maximum absolute atomic E-state index is 5.97. The van der Waals surface area contributed by atoms with Crippen LogP contribution in [0.2, 0.25) is 5.15 Å². The number of rotatable bonds is 3. The molecule has 2 rings (SSSR count). The molecule has 3 nitrogen and oxygen atoms in total.